The molecule has 0 aliphatic carbocycles. The maximum Gasteiger partial charge on any atom is 0.257 e. The molecule has 0 aliphatic heterocycles. The van der Waals surface area contributed by atoms with Crippen LogP contribution in [0.4, 0.5) is 5.69 Å². The second-order valence-corrected chi connectivity index (χ2v) is 6.44. The third-order valence-corrected chi connectivity index (χ3v) is 4.08. The molecule has 1 unspecified atom stereocenters. The Balaban J connectivity index is 2.18. The van der Waals surface area contributed by atoms with Crippen molar-refractivity contribution in [2.24, 2.45) is 0 Å². The molecule has 2 N–H and O–H groups in total. The van der Waals surface area contributed by atoms with Crippen LogP contribution in [0.5, 0.6) is 0 Å². The van der Waals surface area contributed by atoms with Gasteiger partial charge in [-0.2, -0.15) is 0 Å². The van der Waals surface area contributed by atoms with Gasteiger partial charge in [0.15, 0.2) is 0 Å². The van der Waals surface area contributed by atoms with E-state index in [2.05, 4.69) is 29.5 Å². The van der Waals surface area contributed by atoms with Gasteiger partial charge in [-0.1, -0.05) is 39.0 Å². The standard InChI is InChI=1S/C20H25N3O2/c1-5-14(4)22-19(24)15-10-16(12-21-11-15)20(25)23-18-9-7-6-8-17(18)13(2)3/h6-14H,5H2,1-4H3,(H,22,24)(H,23,25). The number of amides is 2. The lowest BCUT2D eigenvalue weighted by Crippen LogP contribution is -2.32. The first-order chi connectivity index (χ1) is 11.9. The van der Waals surface area contributed by atoms with Crippen molar-refractivity contribution in [1.82, 2.24) is 10.3 Å². The van der Waals surface area contributed by atoms with E-state index in [0.29, 0.717) is 17.0 Å². The Bertz CT molecular complexity index is 756. The average molecular weight is 339 g/mol. The maximum absolute atomic E-state index is 12.6. The van der Waals surface area contributed by atoms with Gasteiger partial charge in [-0.05, 0) is 37.0 Å². The summed E-state index contributed by atoms with van der Waals surface area (Å²) < 4.78 is 0. The molecule has 0 radical (unpaired) electrons. The number of anilines is 1. The molecule has 5 nitrogen and oxygen atoms in total. The Hall–Kier alpha value is -2.69. The zero-order valence-corrected chi connectivity index (χ0v) is 15.2. The zero-order chi connectivity index (χ0) is 18.4. The van der Waals surface area contributed by atoms with Crippen LogP contribution in [-0.4, -0.2) is 22.8 Å². The first-order valence-corrected chi connectivity index (χ1v) is 8.58. The van der Waals surface area contributed by atoms with Gasteiger partial charge in [0, 0.05) is 24.1 Å². The minimum atomic E-state index is -0.279. The highest BCUT2D eigenvalue weighted by atomic mass is 16.2. The van der Waals surface area contributed by atoms with Crippen LogP contribution >= 0.6 is 0 Å². The van der Waals surface area contributed by atoms with E-state index in [1.165, 1.54) is 12.4 Å². The molecule has 0 spiro atoms. The van der Waals surface area contributed by atoms with E-state index in [9.17, 15) is 9.59 Å². The third-order valence-electron chi connectivity index (χ3n) is 4.08. The highest BCUT2D eigenvalue weighted by Gasteiger charge is 2.14. The van der Waals surface area contributed by atoms with Crippen molar-refractivity contribution in [1.29, 1.82) is 0 Å². The number of nitrogens with zero attached hydrogens (tertiary/aromatic N) is 1. The van der Waals surface area contributed by atoms with Gasteiger partial charge < -0.3 is 10.6 Å². The fourth-order valence-electron chi connectivity index (χ4n) is 2.41. The van der Waals surface area contributed by atoms with Crippen LogP contribution in [0.3, 0.4) is 0 Å². The molecule has 1 heterocycles. The van der Waals surface area contributed by atoms with Crippen LogP contribution in [0.2, 0.25) is 0 Å². The molecule has 2 aromatic rings. The lowest BCUT2D eigenvalue weighted by molar-refractivity contribution is 0.0939. The summed E-state index contributed by atoms with van der Waals surface area (Å²) in [5.41, 5.74) is 2.58. The molecule has 0 saturated carbocycles. The predicted molar refractivity (Wildman–Crippen MR) is 99.9 cm³/mol. The zero-order valence-electron chi connectivity index (χ0n) is 15.2. The Morgan fingerprint density at radius 2 is 1.68 bits per heavy atom. The van der Waals surface area contributed by atoms with Crippen molar-refractivity contribution >= 4 is 17.5 Å². The summed E-state index contributed by atoms with van der Waals surface area (Å²) in [5.74, 6) is -0.208. The van der Waals surface area contributed by atoms with Gasteiger partial charge >= 0.3 is 0 Å². The first kappa shape index (κ1) is 18.6. The van der Waals surface area contributed by atoms with E-state index in [1.54, 1.807) is 6.07 Å². The van der Waals surface area contributed by atoms with E-state index < -0.39 is 0 Å². The maximum atomic E-state index is 12.6. The highest BCUT2D eigenvalue weighted by Crippen LogP contribution is 2.24. The van der Waals surface area contributed by atoms with Crippen LogP contribution in [-0.2, 0) is 0 Å². The molecule has 1 aromatic heterocycles. The Labute approximate surface area is 148 Å². The summed E-state index contributed by atoms with van der Waals surface area (Å²) in [4.78, 5) is 28.8. The molecular weight excluding hydrogens is 314 g/mol. The summed E-state index contributed by atoms with van der Waals surface area (Å²) >= 11 is 0. The second-order valence-electron chi connectivity index (χ2n) is 6.44. The SMILES string of the molecule is CCC(C)NC(=O)c1cncc(C(=O)Nc2ccccc2C(C)C)c1. The van der Waals surface area contributed by atoms with Gasteiger partial charge in [-0.25, -0.2) is 0 Å². The van der Waals surface area contributed by atoms with Crippen molar-refractivity contribution < 1.29 is 9.59 Å². The van der Waals surface area contributed by atoms with Crippen molar-refractivity contribution in [2.45, 2.75) is 46.1 Å². The fraction of sp³-hybridized carbons (Fsp3) is 0.350. The number of nitrogens with one attached hydrogen (secondary N) is 2. The van der Waals surface area contributed by atoms with Crippen LogP contribution in [0.25, 0.3) is 0 Å². The van der Waals surface area contributed by atoms with Gasteiger partial charge in [0.2, 0.25) is 0 Å². The van der Waals surface area contributed by atoms with Gasteiger partial charge in [-0.3, -0.25) is 14.6 Å². The van der Waals surface area contributed by atoms with Crippen molar-refractivity contribution in [2.75, 3.05) is 5.32 Å². The van der Waals surface area contributed by atoms with Crippen LogP contribution in [0, 0.1) is 0 Å². The van der Waals surface area contributed by atoms with Crippen molar-refractivity contribution in [3.63, 3.8) is 0 Å². The number of rotatable bonds is 6. The summed E-state index contributed by atoms with van der Waals surface area (Å²) in [6.45, 7) is 8.09. The lowest BCUT2D eigenvalue weighted by atomic mass is 10.0. The molecular formula is C20H25N3O2. The molecule has 0 fully saturated rings. The Morgan fingerprint density at radius 1 is 1.04 bits per heavy atom. The minimum Gasteiger partial charge on any atom is -0.350 e. The second kappa shape index (κ2) is 8.42. The Kier molecular flexibility index (Phi) is 6.28. The van der Waals surface area contributed by atoms with Gasteiger partial charge in [0.05, 0.1) is 11.1 Å². The number of para-hydroxylation sites is 1. The molecule has 132 valence electrons. The summed E-state index contributed by atoms with van der Waals surface area (Å²) in [5, 5.41) is 5.79. The number of hydrogen-bond donors (Lipinski definition) is 2. The first-order valence-electron chi connectivity index (χ1n) is 8.58. The summed E-state index contributed by atoms with van der Waals surface area (Å²) in [7, 11) is 0. The molecule has 5 heteroatoms. The molecule has 1 aromatic carbocycles. The van der Waals surface area contributed by atoms with E-state index >= 15 is 0 Å². The van der Waals surface area contributed by atoms with Gasteiger partial charge in [-0.15, -0.1) is 0 Å². The monoisotopic (exact) mass is 339 g/mol. The molecule has 0 bridgehead atoms. The van der Waals surface area contributed by atoms with E-state index in [-0.39, 0.29) is 17.9 Å². The largest absolute Gasteiger partial charge is 0.350 e. The van der Waals surface area contributed by atoms with E-state index in [4.69, 9.17) is 0 Å². The number of carbonyl (C=O) groups excluding carboxylic acids is 2. The smallest absolute Gasteiger partial charge is 0.257 e. The minimum absolute atomic E-state index is 0.0721. The number of aromatic nitrogens is 1. The summed E-state index contributed by atoms with van der Waals surface area (Å²) in [6.07, 6.45) is 3.77. The van der Waals surface area contributed by atoms with Crippen molar-refractivity contribution in [3.8, 4) is 0 Å². The molecule has 0 aliphatic rings. The summed E-state index contributed by atoms with van der Waals surface area (Å²) in [6, 6.07) is 9.34. The van der Waals surface area contributed by atoms with E-state index in [1.807, 2.05) is 38.1 Å². The number of pyridine rings is 1. The number of benzene rings is 1. The van der Waals surface area contributed by atoms with Crippen LogP contribution < -0.4 is 10.6 Å². The molecule has 2 amide bonds. The van der Waals surface area contributed by atoms with Gasteiger partial charge in [0.1, 0.15) is 0 Å². The highest BCUT2D eigenvalue weighted by molar-refractivity contribution is 6.06. The van der Waals surface area contributed by atoms with Gasteiger partial charge in [0.25, 0.3) is 11.8 Å². The predicted octanol–water partition coefficient (Wildman–Crippen LogP) is 3.99. The van der Waals surface area contributed by atoms with Crippen LogP contribution in [0.15, 0.2) is 42.7 Å². The van der Waals surface area contributed by atoms with E-state index in [0.717, 1.165) is 17.7 Å². The Morgan fingerprint density at radius 3 is 2.32 bits per heavy atom. The topological polar surface area (TPSA) is 71.1 Å². The quantitative estimate of drug-likeness (QED) is 0.836. The normalized spacial score (nSPS) is 11.9. The van der Waals surface area contributed by atoms with Crippen LogP contribution in [0.1, 0.15) is 66.3 Å². The lowest BCUT2D eigenvalue weighted by Gasteiger charge is -2.14. The average Bonchev–Trinajstić information content (AvgIpc) is 2.61. The molecule has 25 heavy (non-hydrogen) atoms. The van der Waals surface area contributed by atoms with Crippen molar-refractivity contribution in [3.05, 3.63) is 59.4 Å². The number of hydrogen-bond acceptors (Lipinski definition) is 3. The molecule has 0 saturated heterocycles. The molecule has 2 rings (SSSR count). The molecule has 1 atom stereocenters. The number of carbonyl (C=O) groups is 2. The third kappa shape index (κ3) is 4.89. The fourth-order valence-corrected chi connectivity index (χ4v) is 2.41.